The molecule has 6 rings (SSSR count). The zero-order valence-corrected chi connectivity index (χ0v) is 19.4. The van der Waals surface area contributed by atoms with E-state index in [0.717, 1.165) is 16.5 Å². The van der Waals surface area contributed by atoms with E-state index in [1.165, 1.54) is 0 Å². The number of hydrogen-bond donors (Lipinski definition) is 3. The van der Waals surface area contributed by atoms with Crippen LogP contribution in [0.25, 0.3) is 22.3 Å². The smallest absolute Gasteiger partial charge is 0.343 e. The van der Waals surface area contributed by atoms with Crippen LogP contribution in [0.15, 0.2) is 23.0 Å². The molecule has 0 aliphatic carbocycles. The van der Waals surface area contributed by atoms with E-state index in [1.807, 2.05) is 19.1 Å². The van der Waals surface area contributed by atoms with Crippen LogP contribution in [0.3, 0.4) is 0 Å². The number of esters is 1. The Hall–Kier alpha value is -3.47. The van der Waals surface area contributed by atoms with Gasteiger partial charge in [0.25, 0.3) is 5.56 Å². The molecule has 0 amide bonds. The number of hydrogen-bond acceptors (Lipinski definition) is 9. The zero-order chi connectivity index (χ0) is 24.5. The van der Waals surface area contributed by atoms with Crippen molar-refractivity contribution in [2.45, 2.75) is 45.1 Å². The van der Waals surface area contributed by atoms with Crippen molar-refractivity contribution in [2.24, 2.45) is 0 Å². The first-order valence-corrected chi connectivity index (χ1v) is 11.7. The number of nitrogens with zero attached hydrogens (tertiary/aromatic N) is 2. The largest absolute Gasteiger partial charge is 0.458 e. The average Bonchev–Trinajstić information content (AvgIpc) is 3.25. The second-order valence-corrected chi connectivity index (χ2v) is 9.05. The highest BCUT2D eigenvalue weighted by molar-refractivity contribution is 5.98. The molecule has 10 nitrogen and oxygen atoms in total. The lowest BCUT2D eigenvalue weighted by molar-refractivity contribution is -0.172. The molecule has 0 saturated carbocycles. The molecule has 0 spiro atoms. The number of carbonyl (C=O) groups is 1. The highest BCUT2D eigenvalue weighted by Crippen LogP contribution is 2.47. The monoisotopic (exact) mass is 479 g/mol. The molecule has 182 valence electrons. The maximum Gasteiger partial charge on any atom is 0.343 e. The molecule has 1 aromatic carbocycles. The number of aliphatic hydroxyl groups is 2. The summed E-state index contributed by atoms with van der Waals surface area (Å²) in [5.41, 5.74) is 1.73. The Morgan fingerprint density at radius 3 is 2.83 bits per heavy atom. The number of rotatable bonds is 5. The van der Waals surface area contributed by atoms with Gasteiger partial charge in [-0.1, -0.05) is 13.0 Å². The van der Waals surface area contributed by atoms with Gasteiger partial charge in [0, 0.05) is 23.7 Å². The summed E-state index contributed by atoms with van der Waals surface area (Å²) in [5.74, 6) is 0.506. The number of pyridine rings is 2. The molecule has 3 aromatic rings. The topological polar surface area (TPSA) is 132 Å². The highest BCUT2D eigenvalue weighted by atomic mass is 16.7. The highest BCUT2D eigenvalue weighted by Gasteiger charge is 2.45. The molecule has 0 fully saturated rings. The lowest BCUT2D eigenvalue weighted by Crippen LogP contribution is -2.44. The molecular formula is C25H25N3O7. The predicted octanol–water partition coefficient (Wildman–Crippen LogP) is 1.45. The number of ether oxygens (including phenoxy) is 3. The van der Waals surface area contributed by atoms with E-state index in [9.17, 15) is 19.8 Å². The van der Waals surface area contributed by atoms with Crippen LogP contribution >= 0.6 is 0 Å². The first-order valence-electron chi connectivity index (χ1n) is 11.7. The fourth-order valence-electron chi connectivity index (χ4n) is 5.31. The first kappa shape index (κ1) is 22.0. The van der Waals surface area contributed by atoms with Crippen LogP contribution in [0.1, 0.15) is 48.6 Å². The van der Waals surface area contributed by atoms with Crippen LogP contribution in [0, 0.1) is 0 Å². The zero-order valence-electron chi connectivity index (χ0n) is 19.4. The summed E-state index contributed by atoms with van der Waals surface area (Å²) in [4.78, 5) is 30.9. The van der Waals surface area contributed by atoms with E-state index in [1.54, 1.807) is 17.6 Å². The van der Waals surface area contributed by atoms with Crippen LogP contribution in [-0.2, 0) is 28.3 Å². The third kappa shape index (κ3) is 2.97. The first-order chi connectivity index (χ1) is 16.9. The Morgan fingerprint density at radius 2 is 2.06 bits per heavy atom. The molecular weight excluding hydrogens is 454 g/mol. The summed E-state index contributed by atoms with van der Waals surface area (Å²) in [5, 5.41) is 24.4. The van der Waals surface area contributed by atoms with Gasteiger partial charge in [0.05, 0.1) is 41.0 Å². The van der Waals surface area contributed by atoms with E-state index in [4.69, 9.17) is 19.2 Å². The Morgan fingerprint density at radius 1 is 1.23 bits per heavy atom. The summed E-state index contributed by atoms with van der Waals surface area (Å²) in [6.07, 6.45) is 0.0764. The van der Waals surface area contributed by atoms with Crippen LogP contribution in [0.5, 0.6) is 11.5 Å². The van der Waals surface area contributed by atoms with Crippen LogP contribution in [0.2, 0.25) is 0 Å². The second kappa shape index (κ2) is 7.77. The van der Waals surface area contributed by atoms with E-state index in [2.05, 4.69) is 5.32 Å². The molecule has 0 radical (unpaired) electrons. The average molecular weight is 479 g/mol. The number of cyclic esters (lactones) is 1. The number of nitrogens with one attached hydrogen (secondary N) is 1. The molecule has 2 aromatic heterocycles. The number of aliphatic hydroxyl groups excluding tert-OH is 1. The van der Waals surface area contributed by atoms with Crippen LogP contribution in [0.4, 0.5) is 0 Å². The summed E-state index contributed by atoms with van der Waals surface area (Å²) in [6.45, 7) is 4.18. The van der Waals surface area contributed by atoms with Gasteiger partial charge in [-0.15, -0.1) is 0 Å². The summed E-state index contributed by atoms with van der Waals surface area (Å²) < 4.78 is 18.4. The molecule has 3 N–H and O–H groups in total. The fraction of sp³-hybridized carbons (Fsp3) is 0.400. The molecule has 10 heteroatoms. The number of carbonyl (C=O) groups excluding carboxylic acids is 1. The second-order valence-electron chi connectivity index (χ2n) is 9.05. The minimum atomic E-state index is -1.89. The number of fused-ring (bicyclic) bond motifs is 5. The molecule has 0 bridgehead atoms. The standard InChI is InChI=1S/C25H25N3O7/c1-3-25(32)16-8-17-20-14(9-28(17)23(30)15(16)10-33-24(25)31)22-19-18(34-11-35-22)5-4-13(21(19)27-20)12(2)26-6-7-29/h4-5,8,12,26,29,32H,3,6-7,9-11H2,1-2H3/t12?,25-/m0/s1. The van der Waals surface area contributed by atoms with Gasteiger partial charge in [-0.3, -0.25) is 4.79 Å². The minimum absolute atomic E-state index is 0.00479. The van der Waals surface area contributed by atoms with E-state index in [0.29, 0.717) is 34.9 Å². The van der Waals surface area contributed by atoms with Gasteiger partial charge < -0.3 is 34.3 Å². The number of aromatic nitrogens is 2. The predicted molar refractivity (Wildman–Crippen MR) is 124 cm³/mol. The normalized spacial score (nSPS) is 20.4. The molecule has 1 unspecified atom stereocenters. The third-order valence-corrected chi connectivity index (χ3v) is 7.23. The maximum atomic E-state index is 13.5. The van der Waals surface area contributed by atoms with E-state index >= 15 is 0 Å². The van der Waals surface area contributed by atoms with Gasteiger partial charge in [-0.2, -0.15) is 0 Å². The van der Waals surface area contributed by atoms with Crippen molar-refractivity contribution >= 4 is 16.9 Å². The number of benzene rings is 1. The van der Waals surface area contributed by atoms with Crippen molar-refractivity contribution < 1.29 is 29.2 Å². The summed E-state index contributed by atoms with van der Waals surface area (Å²) >= 11 is 0. The van der Waals surface area contributed by atoms with Gasteiger partial charge in [0.15, 0.2) is 5.60 Å². The van der Waals surface area contributed by atoms with Crippen molar-refractivity contribution in [2.75, 3.05) is 19.9 Å². The van der Waals surface area contributed by atoms with Gasteiger partial charge in [0.1, 0.15) is 18.1 Å². The Bertz CT molecular complexity index is 1460. The molecule has 3 aliphatic rings. The van der Waals surface area contributed by atoms with Gasteiger partial charge in [-0.25, -0.2) is 9.78 Å². The lowest BCUT2D eigenvalue weighted by Gasteiger charge is -2.31. The summed E-state index contributed by atoms with van der Waals surface area (Å²) in [6, 6.07) is 5.38. The summed E-state index contributed by atoms with van der Waals surface area (Å²) in [7, 11) is 0. The Kier molecular flexibility index (Phi) is 4.89. The molecule has 3 aliphatic heterocycles. The molecule has 2 atom stereocenters. The van der Waals surface area contributed by atoms with Crippen molar-refractivity contribution in [1.82, 2.24) is 14.9 Å². The van der Waals surface area contributed by atoms with Gasteiger partial charge in [0.2, 0.25) is 6.79 Å². The third-order valence-electron chi connectivity index (χ3n) is 7.23. The van der Waals surface area contributed by atoms with Crippen molar-refractivity contribution in [3.8, 4) is 22.9 Å². The van der Waals surface area contributed by atoms with E-state index in [-0.39, 0.29) is 55.7 Å². The van der Waals surface area contributed by atoms with Crippen LogP contribution in [-0.4, -0.2) is 45.7 Å². The van der Waals surface area contributed by atoms with Gasteiger partial charge in [-0.05, 0) is 31.0 Å². The Balaban J connectivity index is 1.62. The Labute approximate surface area is 200 Å². The maximum absolute atomic E-state index is 13.5. The quantitative estimate of drug-likeness (QED) is 0.364. The molecule has 5 heterocycles. The molecule has 0 saturated heterocycles. The lowest BCUT2D eigenvalue weighted by atomic mass is 9.86. The van der Waals surface area contributed by atoms with E-state index < -0.39 is 11.6 Å². The SMILES string of the molecule is CC[C@@]1(O)C(=O)OCc2c1cc1n(c2=O)Cc2c-1nc1c(C(C)NCCO)ccc3c1c2OCO3. The van der Waals surface area contributed by atoms with Crippen molar-refractivity contribution in [1.29, 1.82) is 0 Å². The fourth-order valence-corrected chi connectivity index (χ4v) is 5.31. The van der Waals surface area contributed by atoms with Crippen LogP contribution < -0.4 is 20.3 Å². The van der Waals surface area contributed by atoms with Gasteiger partial charge >= 0.3 is 5.97 Å². The minimum Gasteiger partial charge on any atom is -0.458 e. The molecule has 35 heavy (non-hydrogen) atoms. The van der Waals surface area contributed by atoms with Crippen molar-refractivity contribution in [3.63, 3.8) is 0 Å². The van der Waals surface area contributed by atoms with Crippen molar-refractivity contribution in [3.05, 3.63) is 50.8 Å².